The van der Waals surface area contributed by atoms with Gasteiger partial charge in [-0.05, 0) is 51.8 Å². The number of esters is 1. The first-order chi connectivity index (χ1) is 13.8. The van der Waals surface area contributed by atoms with Crippen molar-refractivity contribution in [3.05, 3.63) is 45.2 Å². The maximum absolute atomic E-state index is 12.9. The standard InChI is InChI=1S/C21H25Cl2N3O3/c1-4-29-21(28)15-6-5-9-25(12-15)20(27)11-17-13(2)24-26(14(17)3)19-8-7-16(22)10-18(19)23/h7-8,10,15H,4-6,9,11-12H2,1-3H3. The van der Waals surface area contributed by atoms with Crippen LogP contribution < -0.4 is 0 Å². The lowest BCUT2D eigenvalue weighted by Gasteiger charge is -2.31. The Bertz CT molecular complexity index is 926. The van der Waals surface area contributed by atoms with Crippen molar-refractivity contribution in [2.75, 3.05) is 19.7 Å². The second-order valence-electron chi connectivity index (χ2n) is 7.26. The van der Waals surface area contributed by atoms with E-state index in [1.165, 1.54) is 0 Å². The molecule has 0 radical (unpaired) electrons. The number of benzene rings is 1. The summed E-state index contributed by atoms with van der Waals surface area (Å²) in [6, 6.07) is 5.24. The number of aryl methyl sites for hydroxylation is 1. The third-order valence-corrected chi connectivity index (χ3v) is 5.84. The number of ether oxygens (including phenoxy) is 1. The van der Waals surface area contributed by atoms with Crippen molar-refractivity contribution < 1.29 is 14.3 Å². The fraction of sp³-hybridized carbons (Fsp3) is 0.476. The van der Waals surface area contributed by atoms with Gasteiger partial charge in [0.05, 0.1) is 35.3 Å². The van der Waals surface area contributed by atoms with E-state index in [0.717, 1.165) is 35.5 Å². The van der Waals surface area contributed by atoms with E-state index in [9.17, 15) is 9.59 Å². The first-order valence-corrected chi connectivity index (χ1v) is 10.5. The average Bonchev–Trinajstić information content (AvgIpc) is 2.96. The molecule has 2 heterocycles. The van der Waals surface area contributed by atoms with Gasteiger partial charge in [-0.15, -0.1) is 0 Å². The average molecular weight is 438 g/mol. The van der Waals surface area contributed by atoms with Crippen molar-refractivity contribution in [2.45, 2.75) is 40.0 Å². The van der Waals surface area contributed by atoms with Gasteiger partial charge in [-0.2, -0.15) is 5.10 Å². The Morgan fingerprint density at radius 3 is 2.72 bits per heavy atom. The molecule has 0 N–H and O–H groups in total. The highest BCUT2D eigenvalue weighted by molar-refractivity contribution is 6.35. The molecule has 2 aromatic rings. The van der Waals surface area contributed by atoms with Gasteiger partial charge in [-0.1, -0.05) is 23.2 Å². The highest BCUT2D eigenvalue weighted by Gasteiger charge is 2.30. The van der Waals surface area contributed by atoms with Gasteiger partial charge in [0, 0.05) is 29.4 Å². The minimum Gasteiger partial charge on any atom is -0.466 e. The van der Waals surface area contributed by atoms with Crippen molar-refractivity contribution in [3.63, 3.8) is 0 Å². The fourth-order valence-corrected chi connectivity index (χ4v) is 4.23. The van der Waals surface area contributed by atoms with E-state index in [-0.39, 0.29) is 24.2 Å². The molecule has 1 amide bonds. The zero-order valence-corrected chi connectivity index (χ0v) is 18.4. The summed E-state index contributed by atoms with van der Waals surface area (Å²) in [4.78, 5) is 26.8. The van der Waals surface area contributed by atoms with Crippen LogP contribution in [-0.2, 0) is 20.7 Å². The quantitative estimate of drug-likeness (QED) is 0.659. The molecule has 1 fully saturated rings. The lowest BCUT2D eigenvalue weighted by Crippen LogP contribution is -2.43. The zero-order chi connectivity index (χ0) is 21.1. The Morgan fingerprint density at radius 2 is 2.03 bits per heavy atom. The molecule has 1 aromatic heterocycles. The number of piperidine rings is 1. The predicted octanol–water partition coefficient (Wildman–Crippen LogP) is 4.14. The van der Waals surface area contributed by atoms with E-state index >= 15 is 0 Å². The maximum atomic E-state index is 12.9. The molecule has 0 aliphatic carbocycles. The van der Waals surface area contributed by atoms with Crippen molar-refractivity contribution >= 4 is 35.1 Å². The molecular weight excluding hydrogens is 413 g/mol. The molecule has 156 valence electrons. The molecule has 0 saturated carbocycles. The van der Waals surface area contributed by atoms with Gasteiger partial charge >= 0.3 is 5.97 Å². The summed E-state index contributed by atoms with van der Waals surface area (Å²) in [5.74, 6) is -0.472. The van der Waals surface area contributed by atoms with Crippen LogP contribution in [0.3, 0.4) is 0 Å². The van der Waals surface area contributed by atoms with Gasteiger partial charge in [-0.25, -0.2) is 4.68 Å². The number of aromatic nitrogens is 2. The normalized spacial score (nSPS) is 16.7. The highest BCUT2D eigenvalue weighted by Crippen LogP contribution is 2.27. The molecule has 3 rings (SSSR count). The molecule has 29 heavy (non-hydrogen) atoms. The second-order valence-corrected chi connectivity index (χ2v) is 8.11. The van der Waals surface area contributed by atoms with Crippen LogP contribution in [0.15, 0.2) is 18.2 Å². The molecule has 1 aromatic carbocycles. The number of likely N-dealkylation sites (tertiary alicyclic amines) is 1. The molecule has 6 nitrogen and oxygen atoms in total. The summed E-state index contributed by atoms with van der Waals surface area (Å²) in [6.07, 6.45) is 1.79. The summed E-state index contributed by atoms with van der Waals surface area (Å²) in [6.45, 7) is 7.02. The van der Waals surface area contributed by atoms with Crippen LogP contribution in [0.4, 0.5) is 0 Å². The third-order valence-electron chi connectivity index (χ3n) is 5.30. The number of amides is 1. The van der Waals surface area contributed by atoms with Crippen LogP contribution in [0.25, 0.3) is 5.69 Å². The molecule has 8 heteroatoms. The van der Waals surface area contributed by atoms with E-state index in [1.54, 1.807) is 28.6 Å². The monoisotopic (exact) mass is 437 g/mol. The van der Waals surface area contributed by atoms with Gasteiger partial charge in [-0.3, -0.25) is 9.59 Å². The summed E-state index contributed by atoms with van der Waals surface area (Å²) < 4.78 is 6.87. The molecule has 0 bridgehead atoms. The number of halogens is 2. The van der Waals surface area contributed by atoms with E-state index < -0.39 is 0 Å². The lowest BCUT2D eigenvalue weighted by atomic mass is 9.97. The molecule has 1 atom stereocenters. The Kier molecular flexibility index (Phi) is 6.85. The minimum absolute atomic E-state index is 0.00745. The number of rotatable bonds is 5. The van der Waals surface area contributed by atoms with Gasteiger partial charge < -0.3 is 9.64 Å². The smallest absolute Gasteiger partial charge is 0.310 e. The molecular formula is C21H25Cl2N3O3. The van der Waals surface area contributed by atoms with Crippen LogP contribution in [0.2, 0.25) is 10.0 Å². The Morgan fingerprint density at radius 1 is 1.28 bits per heavy atom. The number of hydrogen-bond donors (Lipinski definition) is 0. The molecule has 0 spiro atoms. The predicted molar refractivity (Wildman–Crippen MR) is 113 cm³/mol. The van der Waals surface area contributed by atoms with E-state index in [1.807, 2.05) is 19.9 Å². The highest BCUT2D eigenvalue weighted by atomic mass is 35.5. The van der Waals surface area contributed by atoms with Crippen LogP contribution in [0, 0.1) is 19.8 Å². The van der Waals surface area contributed by atoms with Crippen molar-refractivity contribution in [2.24, 2.45) is 5.92 Å². The third kappa shape index (κ3) is 4.75. The number of nitrogens with zero attached hydrogens (tertiary/aromatic N) is 3. The summed E-state index contributed by atoms with van der Waals surface area (Å²) in [5, 5.41) is 5.63. The largest absolute Gasteiger partial charge is 0.466 e. The molecule has 1 aliphatic rings. The Balaban J connectivity index is 1.77. The van der Waals surface area contributed by atoms with Crippen molar-refractivity contribution in [1.29, 1.82) is 0 Å². The summed E-state index contributed by atoms with van der Waals surface area (Å²) >= 11 is 12.3. The topological polar surface area (TPSA) is 64.4 Å². The van der Waals surface area contributed by atoms with Gasteiger partial charge in [0.2, 0.25) is 5.91 Å². The summed E-state index contributed by atoms with van der Waals surface area (Å²) in [5.41, 5.74) is 3.23. The SMILES string of the molecule is CCOC(=O)C1CCCN(C(=O)Cc2c(C)nn(-c3ccc(Cl)cc3Cl)c2C)C1. The van der Waals surface area contributed by atoms with E-state index in [4.69, 9.17) is 27.9 Å². The summed E-state index contributed by atoms with van der Waals surface area (Å²) in [7, 11) is 0. The number of hydrogen-bond acceptors (Lipinski definition) is 4. The maximum Gasteiger partial charge on any atom is 0.310 e. The second kappa shape index (κ2) is 9.18. The van der Waals surface area contributed by atoms with E-state index in [2.05, 4.69) is 5.10 Å². The van der Waals surface area contributed by atoms with Gasteiger partial charge in [0.1, 0.15) is 0 Å². The first kappa shape index (κ1) is 21.7. The van der Waals surface area contributed by atoms with Crippen molar-refractivity contribution in [3.8, 4) is 5.69 Å². The van der Waals surface area contributed by atoms with Crippen LogP contribution in [0.5, 0.6) is 0 Å². The van der Waals surface area contributed by atoms with Gasteiger partial charge in [0.25, 0.3) is 0 Å². The lowest BCUT2D eigenvalue weighted by molar-refractivity contribution is -0.151. The Labute approximate surface area is 180 Å². The first-order valence-electron chi connectivity index (χ1n) is 9.76. The molecule has 1 unspecified atom stereocenters. The Hall–Kier alpha value is -2.05. The number of carbonyl (C=O) groups is 2. The van der Waals surface area contributed by atoms with Gasteiger partial charge in [0.15, 0.2) is 0 Å². The minimum atomic E-state index is -0.245. The molecule has 1 aliphatic heterocycles. The van der Waals surface area contributed by atoms with Crippen molar-refractivity contribution in [1.82, 2.24) is 14.7 Å². The van der Waals surface area contributed by atoms with Crippen LogP contribution in [0.1, 0.15) is 36.7 Å². The number of carbonyl (C=O) groups excluding carboxylic acids is 2. The molecule has 1 saturated heterocycles. The van der Waals surface area contributed by atoms with Crippen LogP contribution >= 0.6 is 23.2 Å². The van der Waals surface area contributed by atoms with E-state index in [0.29, 0.717) is 29.7 Å². The zero-order valence-electron chi connectivity index (χ0n) is 16.9. The fourth-order valence-electron chi connectivity index (χ4n) is 3.74. The van der Waals surface area contributed by atoms with Crippen LogP contribution in [-0.4, -0.2) is 46.3 Å².